The van der Waals surface area contributed by atoms with Crippen LogP contribution in [0.25, 0.3) is 0 Å². The van der Waals surface area contributed by atoms with Crippen molar-refractivity contribution in [1.29, 1.82) is 0 Å². The first-order valence-electron chi connectivity index (χ1n) is 7.45. The van der Waals surface area contributed by atoms with Crippen molar-refractivity contribution in [3.63, 3.8) is 0 Å². The number of nitrogens with one attached hydrogen (secondary N) is 1. The SMILES string of the molecule is O=C(NC1=NCCS1)C(F)(F)C(F)(F)C(F)(F)C(F)(F)C(F)(F)C(F)(F)C(F)(F)C(F)(F)Cl. The quantitative estimate of drug-likeness (QED) is 0.313. The fraction of sp³-hybridized carbons (Fsp3) is 0.833. The molecule has 1 N–H and O–H groups in total. The Kier molecular flexibility index (Phi) is 7.30. The maximum Gasteiger partial charge on any atom is 0.393 e. The highest BCUT2D eigenvalue weighted by atomic mass is 35.5. The largest absolute Gasteiger partial charge is 0.393 e. The van der Waals surface area contributed by atoms with Crippen LogP contribution >= 0.6 is 23.4 Å². The summed E-state index contributed by atoms with van der Waals surface area (Å²) in [5.74, 6) is -60.5. The van der Waals surface area contributed by atoms with Crippen molar-refractivity contribution in [2.45, 2.75) is 46.8 Å². The molecule has 0 fully saturated rings. The molecule has 194 valence electrons. The van der Waals surface area contributed by atoms with Gasteiger partial charge in [-0.05, 0) is 11.6 Å². The summed E-state index contributed by atoms with van der Waals surface area (Å²) in [5.41, 5.74) is 0. The minimum absolute atomic E-state index is 0.0769. The van der Waals surface area contributed by atoms with Crippen LogP contribution < -0.4 is 5.32 Å². The molecule has 3 nitrogen and oxygen atoms in total. The van der Waals surface area contributed by atoms with Crippen molar-refractivity contribution in [3.05, 3.63) is 0 Å². The van der Waals surface area contributed by atoms with Gasteiger partial charge < -0.3 is 0 Å². The first-order valence-corrected chi connectivity index (χ1v) is 8.81. The van der Waals surface area contributed by atoms with Crippen molar-refractivity contribution in [2.75, 3.05) is 12.3 Å². The number of nitrogens with zero attached hydrogens (tertiary/aromatic N) is 1. The van der Waals surface area contributed by atoms with E-state index in [1.54, 1.807) is 0 Å². The third kappa shape index (κ3) is 4.07. The molecular weight excluding hydrogens is 560 g/mol. The maximum atomic E-state index is 13.6. The second-order valence-corrected chi connectivity index (χ2v) is 7.57. The Bertz CT molecular complexity index is 808. The molecule has 0 saturated heterocycles. The molecule has 21 heteroatoms. The van der Waals surface area contributed by atoms with Gasteiger partial charge in [-0.2, -0.15) is 70.2 Å². The van der Waals surface area contributed by atoms with Crippen molar-refractivity contribution in [2.24, 2.45) is 4.99 Å². The second kappa shape index (κ2) is 8.11. The van der Waals surface area contributed by atoms with E-state index in [1.165, 1.54) is 0 Å². The number of aliphatic imine (C=N–C) groups is 1. The van der Waals surface area contributed by atoms with E-state index in [-0.39, 0.29) is 12.3 Å². The second-order valence-electron chi connectivity index (χ2n) is 6.01. The number of hydrogen-bond acceptors (Lipinski definition) is 3. The predicted molar refractivity (Wildman–Crippen MR) is 78.3 cm³/mol. The van der Waals surface area contributed by atoms with Gasteiger partial charge in [0, 0.05) is 5.75 Å². The molecular formula is C12H5ClF16N2OS. The molecule has 0 atom stereocenters. The number of thioether (sulfide) groups is 1. The number of hydrogen-bond donors (Lipinski definition) is 1. The van der Waals surface area contributed by atoms with E-state index in [9.17, 15) is 75.0 Å². The van der Waals surface area contributed by atoms with Gasteiger partial charge in [-0.3, -0.25) is 15.1 Å². The number of rotatable bonds is 8. The van der Waals surface area contributed by atoms with Crippen LogP contribution in [0.1, 0.15) is 0 Å². The number of alkyl halides is 17. The minimum atomic E-state index is -8.61. The van der Waals surface area contributed by atoms with Gasteiger partial charge in [-0.15, -0.1) is 0 Å². The molecule has 1 aliphatic rings. The summed E-state index contributed by atoms with van der Waals surface area (Å²) in [6.45, 7) is -0.239. The highest BCUT2D eigenvalue weighted by Crippen LogP contribution is 2.64. The Labute approximate surface area is 179 Å². The topological polar surface area (TPSA) is 41.5 Å². The molecule has 0 spiro atoms. The third-order valence-electron chi connectivity index (χ3n) is 3.81. The van der Waals surface area contributed by atoms with E-state index in [1.807, 2.05) is 0 Å². The molecule has 0 aromatic carbocycles. The Balaban J connectivity index is 3.54. The summed E-state index contributed by atoms with van der Waals surface area (Å²) >= 11 is 3.74. The zero-order valence-electron chi connectivity index (χ0n) is 14.6. The van der Waals surface area contributed by atoms with Gasteiger partial charge in [0.1, 0.15) is 0 Å². The fourth-order valence-electron chi connectivity index (χ4n) is 1.89. The molecule has 0 bridgehead atoms. The fourth-order valence-corrected chi connectivity index (χ4v) is 2.73. The van der Waals surface area contributed by atoms with Crippen LogP contribution in [0.5, 0.6) is 0 Å². The zero-order chi connectivity index (χ0) is 26.7. The number of amides is 1. The third-order valence-corrected chi connectivity index (χ3v) is 4.94. The Morgan fingerprint density at radius 3 is 1.39 bits per heavy atom. The molecule has 0 radical (unpaired) electrons. The number of carbonyl (C=O) groups excluding carboxylic acids is 1. The van der Waals surface area contributed by atoms with Crippen LogP contribution in [0.4, 0.5) is 70.2 Å². The van der Waals surface area contributed by atoms with Gasteiger partial charge in [0.05, 0.1) is 6.54 Å². The summed E-state index contributed by atoms with van der Waals surface area (Å²) in [6.07, 6.45) is 0. The summed E-state index contributed by atoms with van der Waals surface area (Å²) in [4.78, 5) is 14.3. The molecule has 0 unspecified atom stereocenters. The van der Waals surface area contributed by atoms with E-state index >= 15 is 0 Å². The molecule has 1 aliphatic heterocycles. The summed E-state index contributed by atoms with van der Waals surface area (Å²) in [5, 5.41) is -7.03. The molecule has 1 rings (SSSR count). The molecule has 0 aliphatic carbocycles. The Hall–Kier alpha value is -1.34. The lowest BCUT2D eigenvalue weighted by Gasteiger charge is -2.42. The van der Waals surface area contributed by atoms with Crippen LogP contribution in [0.2, 0.25) is 0 Å². The van der Waals surface area contributed by atoms with Crippen molar-refractivity contribution in [1.82, 2.24) is 5.32 Å². The van der Waals surface area contributed by atoms with Gasteiger partial charge >= 0.3 is 52.7 Å². The maximum absolute atomic E-state index is 13.6. The average Bonchev–Trinajstić information content (AvgIpc) is 3.12. The van der Waals surface area contributed by atoms with Crippen LogP contribution in [0, 0.1) is 0 Å². The molecule has 33 heavy (non-hydrogen) atoms. The van der Waals surface area contributed by atoms with E-state index in [0.29, 0.717) is 11.8 Å². The van der Waals surface area contributed by atoms with E-state index in [0.717, 1.165) is 5.32 Å². The van der Waals surface area contributed by atoms with Gasteiger partial charge in [-0.25, -0.2) is 0 Å². The highest BCUT2D eigenvalue weighted by molar-refractivity contribution is 8.14. The van der Waals surface area contributed by atoms with E-state index in [2.05, 4.69) is 16.6 Å². The molecule has 0 aromatic rings. The van der Waals surface area contributed by atoms with E-state index in [4.69, 9.17) is 0 Å². The summed E-state index contributed by atoms with van der Waals surface area (Å²) in [7, 11) is 0. The highest BCUT2D eigenvalue weighted by Gasteiger charge is 2.95. The van der Waals surface area contributed by atoms with Crippen LogP contribution in [0.15, 0.2) is 4.99 Å². The smallest absolute Gasteiger partial charge is 0.300 e. The van der Waals surface area contributed by atoms with E-state index < -0.39 is 57.9 Å². The minimum Gasteiger partial charge on any atom is -0.300 e. The van der Waals surface area contributed by atoms with Crippen LogP contribution in [-0.4, -0.2) is 70.2 Å². The van der Waals surface area contributed by atoms with Crippen LogP contribution in [0.3, 0.4) is 0 Å². The molecule has 1 heterocycles. The summed E-state index contributed by atoms with van der Waals surface area (Å²) < 4.78 is 212. The Morgan fingerprint density at radius 2 is 1.06 bits per heavy atom. The van der Waals surface area contributed by atoms with Gasteiger partial charge in [0.2, 0.25) is 0 Å². The lowest BCUT2D eigenvalue weighted by molar-refractivity contribution is -0.446. The first kappa shape index (κ1) is 29.7. The van der Waals surface area contributed by atoms with Crippen molar-refractivity contribution in [3.8, 4) is 0 Å². The lowest BCUT2D eigenvalue weighted by Crippen LogP contribution is -2.75. The average molecular weight is 565 g/mol. The van der Waals surface area contributed by atoms with Gasteiger partial charge in [-0.1, -0.05) is 11.8 Å². The van der Waals surface area contributed by atoms with Gasteiger partial charge in [0.15, 0.2) is 5.17 Å². The monoisotopic (exact) mass is 564 g/mol. The summed E-state index contributed by atoms with van der Waals surface area (Å²) in [6, 6.07) is 0. The number of amidine groups is 1. The molecule has 0 saturated carbocycles. The molecule has 1 amide bonds. The Morgan fingerprint density at radius 1 is 0.697 bits per heavy atom. The predicted octanol–water partition coefficient (Wildman–Crippen LogP) is 5.48. The van der Waals surface area contributed by atoms with Crippen molar-refractivity contribution >= 4 is 34.4 Å². The first-order chi connectivity index (χ1) is 14.2. The number of carbonyl (C=O) groups is 1. The normalized spacial score (nSPS) is 17.8. The standard InChI is InChI=1S/C12H5ClF16N2OS/c13-12(28,29)11(26,27)10(24,25)9(22,23)8(20,21)7(18,19)6(16,17)5(14,15)3(32)31-4-30-1-2-33-4/h1-2H2,(H,30,31,32). The van der Waals surface area contributed by atoms with Crippen molar-refractivity contribution < 1.29 is 75.0 Å². The van der Waals surface area contributed by atoms with Crippen LogP contribution in [-0.2, 0) is 4.79 Å². The van der Waals surface area contributed by atoms with Gasteiger partial charge in [0.25, 0.3) is 0 Å². The zero-order valence-corrected chi connectivity index (χ0v) is 16.2. The number of halogens is 17. The molecule has 0 aromatic heterocycles. The lowest BCUT2D eigenvalue weighted by atomic mass is 9.89.